The number of carbonyl (C=O) groups is 2. The number of hydrogen-bond donors (Lipinski definition) is 7. The molecule has 6 atom stereocenters. The summed E-state index contributed by atoms with van der Waals surface area (Å²) in [6.45, 7) is 1.34. The Bertz CT molecular complexity index is 910. The number of anilines is 1. The van der Waals surface area contributed by atoms with Crippen LogP contribution >= 0.6 is 11.8 Å². The molecule has 1 aliphatic rings. The number of thioether (sulfide) groups is 1. The zero-order valence-electron chi connectivity index (χ0n) is 25.5. The number of unbranched alkanes of at least 4 members (excludes halogenated alkanes) is 12. The summed E-state index contributed by atoms with van der Waals surface area (Å²) in [6.07, 6.45) is 11.6. The molecule has 0 radical (unpaired) electrons. The number of nitrogens with zero attached hydrogens (tertiary/aromatic N) is 3. The molecule has 1 aromatic rings. The highest BCUT2D eigenvalue weighted by Gasteiger charge is 2.44. The summed E-state index contributed by atoms with van der Waals surface area (Å²) >= 11 is 1.22. The van der Waals surface area contributed by atoms with E-state index in [2.05, 4.69) is 27.9 Å². The number of aromatic nitrogens is 3. The lowest BCUT2D eigenvalue weighted by atomic mass is 10.0. The maximum atomic E-state index is 13.0. The summed E-state index contributed by atoms with van der Waals surface area (Å²) < 4.78 is 6.55. The van der Waals surface area contributed by atoms with Crippen LogP contribution < -0.4 is 10.6 Å². The number of nitrogens with one attached hydrogen (secondary N) is 2. The molecule has 14 heteroatoms. The van der Waals surface area contributed by atoms with Crippen LogP contribution in [-0.2, 0) is 14.3 Å². The van der Waals surface area contributed by atoms with E-state index in [0.717, 1.165) is 30.4 Å². The van der Waals surface area contributed by atoms with E-state index < -0.39 is 55.8 Å². The first kappa shape index (κ1) is 37.4. The van der Waals surface area contributed by atoms with Crippen molar-refractivity contribution in [2.24, 2.45) is 0 Å². The maximum absolute atomic E-state index is 13.0. The molecule has 0 saturated carbocycles. The molecule has 1 fully saturated rings. The minimum Gasteiger partial charge on any atom is -0.394 e. The molecule has 0 bridgehead atoms. The molecule has 7 N–H and O–H groups in total. The molecule has 2 heterocycles. The van der Waals surface area contributed by atoms with E-state index in [1.807, 2.05) is 0 Å². The molecule has 1 aromatic heterocycles. The van der Waals surface area contributed by atoms with Crippen LogP contribution in [0.5, 0.6) is 0 Å². The molecule has 0 aliphatic carbocycles. The molecule has 2 amide bonds. The first-order chi connectivity index (χ1) is 20.8. The molecule has 248 valence electrons. The highest BCUT2D eigenvalue weighted by molar-refractivity contribution is 7.99. The number of amides is 2. The highest BCUT2D eigenvalue weighted by atomic mass is 32.2. The van der Waals surface area contributed by atoms with Crippen molar-refractivity contribution in [3.05, 3.63) is 6.20 Å². The second-order valence-electron chi connectivity index (χ2n) is 11.3. The van der Waals surface area contributed by atoms with Crippen LogP contribution in [0, 0.1) is 0 Å². The van der Waals surface area contributed by atoms with E-state index >= 15 is 0 Å². The zero-order valence-corrected chi connectivity index (χ0v) is 26.3. The number of rotatable bonds is 24. The molecule has 13 nitrogen and oxygen atoms in total. The average Bonchev–Trinajstić information content (AvgIpc) is 3.57. The van der Waals surface area contributed by atoms with Crippen molar-refractivity contribution in [3.8, 4) is 0 Å². The topological polar surface area (TPSA) is 199 Å². The molecule has 2 rings (SSSR count). The van der Waals surface area contributed by atoms with Gasteiger partial charge in [0.05, 0.1) is 25.5 Å². The fourth-order valence-electron chi connectivity index (χ4n) is 4.90. The van der Waals surface area contributed by atoms with Crippen LogP contribution in [0.25, 0.3) is 0 Å². The fourth-order valence-corrected chi connectivity index (χ4v) is 5.88. The van der Waals surface area contributed by atoms with Gasteiger partial charge >= 0.3 is 0 Å². The first-order valence-corrected chi connectivity index (χ1v) is 17.0. The number of aliphatic hydroxyl groups is 5. The van der Waals surface area contributed by atoms with Gasteiger partial charge in [-0.15, -0.1) is 5.10 Å². The summed E-state index contributed by atoms with van der Waals surface area (Å²) in [5.41, 5.74) is 0. The van der Waals surface area contributed by atoms with Gasteiger partial charge in [-0.1, -0.05) is 89.2 Å². The van der Waals surface area contributed by atoms with E-state index in [9.17, 15) is 30.0 Å². The maximum Gasteiger partial charge on any atom is 0.249 e. The summed E-state index contributed by atoms with van der Waals surface area (Å²) in [7, 11) is 0. The molecule has 1 unspecified atom stereocenters. The minimum absolute atomic E-state index is 0.0406. The third-order valence-electron chi connectivity index (χ3n) is 7.50. The van der Waals surface area contributed by atoms with E-state index in [1.54, 1.807) is 0 Å². The van der Waals surface area contributed by atoms with E-state index in [1.165, 1.54) is 75.7 Å². The Labute approximate surface area is 259 Å². The first-order valence-electron chi connectivity index (χ1n) is 15.8. The predicted molar refractivity (Wildman–Crippen MR) is 164 cm³/mol. The lowest BCUT2D eigenvalue weighted by Gasteiger charge is -2.18. The quantitative estimate of drug-likeness (QED) is 0.0822. The van der Waals surface area contributed by atoms with Crippen molar-refractivity contribution in [1.82, 2.24) is 20.3 Å². The van der Waals surface area contributed by atoms with Crippen LogP contribution in [0.1, 0.15) is 103 Å². The number of hydrogen-bond acceptors (Lipinski definition) is 11. The van der Waals surface area contributed by atoms with Gasteiger partial charge in [0.1, 0.15) is 24.4 Å². The average molecular weight is 632 g/mol. The van der Waals surface area contributed by atoms with Crippen molar-refractivity contribution in [2.75, 3.05) is 30.0 Å². The molecule has 0 spiro atoms. The Hall–Kier alpha value is -1.81. The van der Waals surface area contributed by atoms with Gasteiger partial charge in [0.15, 0.2) is 12.0 Å². The lowest BCUT2D eigenvalue weighted by Crippen LogP contribution is -2.45. The van der Waals surface area contributed by atoms with Gasteiger partial charge < -0.3 is 40.9 Å². The third-order valence-corrected chi connectivity index (χ3v) is 8.69. The van der Waals surface area contributed by atoms with Crippen LogP contribution in [0.2, 0.25) is 0 Å². The van der Waals surface area contributed by atoms with Gasteiger partial charge in [-0.3, -0.25) is 9.59 Å². The molecular formula is C29H53N5O8S. The van der Waals surface area contributed by atoms with Crippen molar-refractivity contribution in [2.45, 2.75) is 134 Å². The Morgan fingerprint density at radius 1 is 0.953 bits per heavy atom. The number of carbonyl (C=O) groups excluding carboxylic acids is 2. The standard InChI is InChI=1S/C29H53N5O8S/c1-2-3-4-5-6-7-8-9-10-11-12-13-14-15-25(38)30-22(20-43-19-21(37)17-35)28(41)31-24-16-34(33-32-24)29-27(40)26(39)23(18-36)42-29/h16,21-23,26-27,29,35-37,39-40H,2-15,17-20H2,1H3,(H,30,38)(H,31,41)/t21-,22-,23?,26-,27-,29+/m1/s1. The Kier molecular flexibility index (Phi) is 19.0. The van der Waals surface area contributed by atoms with Crippen LogP contribution in [0.3, 0.4) is 0 Å². The summed E-state index contributed by atoms with van der Waals surface area (Å²) in [4.78, 5) is 25.7. The SMILES string of the molecule is CCCCCCCCCCCCCCCC(=O)N[C@H](CSC[C@H](O)CO)C(=O)Nc1cn([C@H]2OC(CO)[C@@H](O)[C@H]2O)nn1. The van der Waals surface area contributed by atoms with Gasteiger partial charge in [0.2, 0.25) is 11.8 Å². The van der Waals surface area contributed by atoms with E-state index in [0.29, 0.717) is 6.42 Å². The molecule has 43 heavy (non-hydrogen) atoms. The third kappa shape index (κ3) is 14.2. The number of aliphatic hydroxyl groups excluding tert-OH is 5. The fraction of sp³-hybridized carbons (Fsp3) is 0.862. The summed E-state index contributed by atoms with van der Waals surface area (Å²) in [5.74, 6) is -0.398. The summed E-state index contributed by atoms with van der Waals surface area (Å²) in [6, 6.07) is -0.926. The Morgan fingerprint density at radius 3 is 2.12 bits per heavy atom. The van der Waals surface area contributed by atoms with Crippen LogP contribution in [0.4, 0.5) is 5.82 Å². The Balaban J connectivity index is 1.74. The zero-order chi connectivity index (χ0) is 31.5. The Morgan fingerprint density at radius 2 is 1.56 bits per heavy atom. The second-order valence-corrected chi connectivity index (χ2v) is 12.4. The molecule has 0 aromatic carbocycles. The largest absolute Gasteiger partial charge is 0.394 e. The van der Waals surface area contributed by atoms with Crippen molar-refractivity contribution < 1.29 is 39.9 Å². The van der Waals surface area contributed by atoms with Crippen molar-refractivity contribution >= 4 is 29.4 Å². The van der Waals surface area contributed by atoms with Gasteiger partial charge in [-0.25, -0.2) is 4.68 Å². The second kappa shape index (κ2) is 21.8. The van der Waals surface area contributed by atoms with Gasteiger partial charge in [-0.05, 0) is 6.42 Å². The van der Waals surface area contributed by atoms with E-state index in [-0.39, 0.29) is 23.2 Å². The van der Waals surface area contributed by atoms with Gasteiger partial charge in [-0.2, -0.15) is 11.8 Å². The van der Waals surface area contributed by atoms with Crippen LogP contribution in [0.15, 0.2) is 6.20 Å². The van der Waals surface area contributed by atoms with E-state index in [4.69, 9.17) is 9.84 Å². The predicted octanol–water partition coefficient (Wildman–Crippen LogP) is 1.88. The lowest BCUT2D eigenvalue weighted by molar-refractivity contribution is -0.126. The summed E-state index contributed by atoms with van der Waals surface area (Å²) in [5, 5.41) is 61.2. The van der Waals surface area contributed by atoms with Crippen molar-refractivity contribution in [1.29, 1.82) is 0 Å². The normalized spacial score (nSPS) is 21.5. The molecular weight excluding hydrogens is 578 g/mol. The minimum atomic E-state index is -1.35. The van der Waals surface area contributed by atoms with Gasteiger partial charge in [0.25, 0.3) is 0 Å². The number of ether oxygens (including phenoxy) is 1. The smallest absolute Gasteiger partial charge is 0.249 e. The monoisotopic (exact) mass is 631 g/mol. The molecule has 1 saturated heterocycles. The highest BCUT2D eigenvalue weighted by Crippen LogP contribution is 2.29. The molecule has 1 aliphatic heterocycles. The van der Waals surface area contributed by atoms with Crippen molar-refractivity contribution in [3.63, 3.8) is 0 Å². The van der Waals surface area contributed by atoms with Crippen LogP contribution in [-0.4, -0.2) is 108 Å². The van der Waals surface area contributed by atoms with Gasteiger partial charge in [0, 0.05) is 17.9 Å².